The summed E-state index contributed by atoms with van der Waals surface area (Å²) in [4.78, 5) is 14.6. The molecular formula is C15H23ClN2O4. The fourth-order valence-corrected chi connectivity index (χ4v) is 2.83. The van der Waals surface area contributed by atoms with Crippen molar-refractivity contribution in [2.75, 3.05) is 26.7 Å². The highest BCUT2D eigenvalue weighted by atomic mass is 35.5. The Balaban J connectivity index is 0.00000242. The molecule has 1 saturated heterocycles. The Morgan fingerprint density at radius 2 is 2.09 bits per heavy atom. The van der Waals surface area contributed by atoms with Crippen molar-refractivity contribution in [3.63, 3.8) is 0 Å². The lowest BCUT2D eigenvalue weighted by Gasteiger charge is -2.23. The van der Waals surface area contributed by atoms with Crippen LogP contribution in [0.4, 0.5) is 0 Å². The molecule has 1 aliphatic rings. The number of halogens is 1. The molecule has 1 aromatic rings. The number of ether oxygens (including phenoxy) is 1. The number of likely N-dealkylation sites (tertiary alicyclic amines) is 1. The average molecular weight is 331 g/mol. The Bertz CT molecular complexity index is 525. The van der Waals surface area contributed by atoms with E-state index < -0.39 is 5.91 Å². The first-order chi connectivity index (χ1) is 10.1. The number of aromatic hydroxyl groups is 2. The predicted molar refractivity (Wildman–Crippen MR) is 86.2 cm³/mol. The maximum absolute atomic E-state index is 12.3. The lowest BCUT2D eigenvalue weighted by atomic mass is 10.1. The van der Waals surface area contributed by atoms with E-state index in [1.807, 2.05) is 0 Å². The van der Waals surface area contributed by atoms with Crippen LogP contribution in [-0.2, 0) is 0 Å². The fourth-order valence-electron chi connectivity index (χ4n) is 2.83. The summed E-state index contributed by atoms with van der Waals surface area (Å²) in [6.07, 6.45) is 2.19. The second kappa shape index (κ2) is 8.10. The molecule has 2 rings (SSSR count). The highest BCUT2D eigenvalue weighted by molar-refractivity contribution is 6.00. The number of likely N-dealkylation sites (N-methyl/N-ethyl adjacent to an activating group) is 1. The molecule has 7 heteroatoms. The van der Waals surface area contributed by atoms with Gasteiger partial charge in [0, 0.05) is 12.6 Å². The van der Waals surface area contributed by atoms with Crippen molar-refractivity contribution in [1.29, 1.82) is 0 Å². The first-order valence-electron chi connectivity index (χ1n) is 7.19. The number of benzene rings is 1. The van der Waals surface area contributed by atoms with Gasteiger partial charge < -0.3 is 20.3 Å². The second-order valence-corrected chi connectivity index (χ2v) is 5.15. The Kier molecular flexibility index (Phi) is 6.77. The first-order valence-corrected chi connectivity index (χ1v) is 7.19. The van der Waals surface area contributed by atoms with Crippen LogP contribution >= 0.6 is 12.4 Å². The second-order valence-electron chi connectivity index (χ2n) is 5.15. The van der Waals surface area contributed by atoms with Gasteiger partial charge >= 0.3 is 0 Å². The lowest BCUT2D eigenvalue weighted by molar-refractivity contribution is 0.0934. The molecule has 0 bridgehead atoms. The minimum absolute atomic E-state index is 0. The zero-order valence-corrected chi connectivity index (χ0v) is 13.7. The normalized spacial score (nSPS) is 17.8. The van der Waals surface area contributed by atoms with Gasteiger partial charge in [0.1, 0.15) is 11.3 Å². The van der Waals surface area contributed by atoms with E-state index in [4.69, 9.17) is 4.74 Å². The van der Waals surface area contributed by atoms with E-state index in [1.165, 1.54) is 19.2 Å². The minimum Gasteiger partial charge on any atom is -0.507 e. The molecule has 1 aromatic carbocycles. The van der Waals surface area contributed by atoms with Gasteiger partial charge in [-0.15, -0.1) is 12.4 Å². The van der Waals surface area contributed by atoms with Gasteiger partial charge in [-0.1, -0.05) is 6.92 Å². The summed E-state index contributed by atoms with van der Waals surface area (Å²) < 4.78 is 5.01. The van der Waals surface area contributed by atoms with Crippen LogP contribution in [0, 0.1) is 0 Å². The van der Waals surface area contributed by atoms with Gasteiger partial charge in [0.15, 0.2) is 11.5 Å². The molecule has 0 aromatic heterocycles. The van der Waals surface area contributed by atoms with Crippen molar-refractivity contribution < 1.29 is 19.7 Å². The molecule has 124 valence electrons. The van der Waals surface area contributed by atoms with Crippen molar-refractivity contribution in [3.8, 4) is 17.2 Å². The molecule has 1 fully saturated rings. The van der Waals surface area contributed by atoms with Gasteiger partial charge in [-0.05, 0) is 38.1 Å². The third-order valence-electron chi connectivity index (χ3n) is 3.95. The van der Waals surface area contributed by atoms with E-state index in [0.717, 1.165) is 25.9 Å². The maximum Gasteiger partial charge on any atom is 0.259 e. The summed E-state index contributed by atoms with van der Waals surface area (Å²) in [7, 11) is 1.35. The molecule has 0 aliphatic carbocycles. The first kappa shape index (κ1) is 18.4. The molecule has 0 spiro atoms. The Hall–Kier alpha value is -1.66. The smallest absolute Gasteiger partial charge is 0.259 e. The summed E-state index contributed by atoms with van der Waals surface area (Å²) in [5.74, 6) is -0.827. The van der Waals surface area contributed by atoms with E-state index in [2.05, 4.69) is 17.1 Å². The molecule has 1 heterocycles. The number of phenolic OH excluding ortho intramolecular Hbond substituents is 2. The molecular weight excluding hydrogens is 308 g/mol. The van der Waals surface area contributed by atoms with Crippen molar-refractivity contribution in [2.45, 2.75) is 25.8 Å². The number of methoxy groups -OCH3 is 1. The van der Waals surface area contributed by atoms with Crippen LogP contribution in [0.3, 0.4) is 0 Å². The summed E-state index contributed by atoms with van der Waals surface area (Å²) in [5, 5.41) is 22.4. The Labute approximate surface area is 136 Å². The minimum atomic E-state index is -0.441. The van der Waals surface area contributed by atoms with E-state index in [-0.39, 0.29) is 35.2 Å². The number of carbonyl (C=O) groups excluding carboxylic acids is 1. The van der Waals surface area contributed by atoms with Crippen LogP contribution in [-0.4, -0.2) is 53.8 Å². The number of rotatable bonds is 5. The molecule has 0 saturated carbocycles. The number of carbonyl (C=O) groups is 1. The molecule has 1 aliphatic heterocycles. The van der Waals surface area contributed by atoms with E-state index in [1.54, 1.807) is 0 Å². The highest BCUT2D eigenvalue weighted by Gasteiger charge is 2.25. The van der Waals surface area contributed by atoms with Gasteiger partial charge in [0.2, 0.25) is 0 Å². The van der Waals surface area contributed by atoms with Gasteiger partial charge in [0.25, 0.3) is 5.91 Å². The van der Waals surface area contributed by atoms with Gasteiger partial charge in [0.05, 0.1) is 7.11 Å². The number of nitrogens with zero attached hydrogens (tertiary/aromatic N) is 1. The van der Waals surface area contributed by atoms with Crippen molar-refractivity contribution >= 4 is 18.3 Å². The van der Waals surface area contributed by atoms with Crippen LogP contribution in [0.1, 0.15) is 30.1 Å². The van der Waals surface area contributed by atoms with Crippen molar-refractivity contribution in [3.05, 3.63) is 17.7 Å². The Morgan fingerprint density at radius 1 is 1.41 bits per heavy atom. The topological polar surface area (TPSA) is 82.0 Å². The third-order valence-corrected chi connectivity index (χ3v) is 3.95. The van der Waals surface area contributed by atoms with Crippen LogP contribution in [0.2, 0.25) is 0 Å². The average Bonchev–Trinajstić information content (AvgIpc) is 2.94. The van der Waals surface area contributed by atoms with Gasteiger partial charge in [-0.2, -0.15) is 0 Å². The van der Waals surface area contributed by atoms with Gasteiger partial charge in [-0.3, -0.25) is 9.69 Å². The number of amides is 1. The van der Waals surface area contributed by atoms with Crippen LogP contribution in [0.5, 0.6) is 17.2 Å². The molecule has 1 amide bonds. The van der Waals surface area contributed by atoms with E-state index in [0.29, 0.717) is 12.6 Å². The quantitative estimate of drug-likeness (QED) is 0.716. The summed E-state index contributed by atoms with van der Waals surface area (Å²) in [6.45, 7) is 4.63. The highest BCUT2D eigenvalue weighted by Crippen LogP contribution is 2.35. The standard InChI is InChI=1S/C15H22N2O4.ClH/c1-3-17-8-4-5-10(17)9-16-15(20)13-11(18)6-7-12(19)14(13)21-2;/h6-7,10,18-19H,3-5,8-9H2,1-2H3,(H,16,20);1H. The van der Waals surface area contributed by atoms with Crippen LogP contribution < -0.4 is 10.1 Å². The van der Waals surface area contributed by atoms with Crippen LogP contribution in [0.25, 0.3) is 0 Å². The molecule has 3 N–H and O–H groups in total. The monoisotopic (exact) mass is 330 g/mol. The van der Waals surface area contributed by atoms with E-state index >= 15 is 0 Å². The molecule has 0 radical (unpaired) electrons. The zero-order chi connectivity index (χ0) is 15.4. The van der Waals surface area contributed by atoms with Crippen molar-refractivity contribution in [2.24, 2.45) is 0 Å². The van der Waals surface area contributed by atoms with Crippen molar-refractivity contribution in [1.82, 2.24) is 10.2 Å². The predicted octanol–water partition coefficient (Wildman–Crippen LogP) is 1.74. The van der Waals surface area contributed by atoms with E-state index in [9.17, 15) is 15.0 Å². The summed E-state index contributed by atoms with van der Waals surface area (Å²) in [6, 6.07) is 2.89. The third kappa shape index (κ3) is 3.75. The summed E-state index contributed by atoms with van der Waals surface area (Å²) >= 11 is 0. The molecule has 22 heavy (non-hydrogen) atoms. The number of hydrogen-bond donors (Lipinski definition) is 3. The van der Waals surface area contributed by atoms with Gasteiger partial charge in [-0.25, -0.2) is 0 Å². The SMILES string of the molecule is CCN1CCCC1CNC(=O)c1c(O)ccc(O)c1OC.Cl. The number of hydrogen-bond acceptors (Lipinski definition) is 5. The number of nitrogens with one attached hydrogen (secondary N) is 1. The maximum atomic E-state index is 12.3. The fraction of sp³-hybridized carbons (Fsp3) is 0.533. The molecule has 1 unspecified atom stereocenters. The largest absolute Gasteiger partial charge is 0.507 e. The lowest BCUT2D eigenvalue weighted by Crippen LogP contribution is -2.40. The summed E-state index contributed by atoms with van der Waals surface area (Å²) in [5.41, 5.74) is -0.0291. The number of phenols is 2. The van der Waals surface area contributed by atoms with Crippen LogP contribution in [0.15, 0.2) is 12.1 Å². The Morgan fingerprint density at radius 3 is 2.73 bits per heavy atom. The molecule has 1 atom stereocenters. The molecule has 6 nitrogen and oxygen atoms in total. The zero-order valence-electron chi connectivity index (χ0n) is 12.8.